The van der Waals surface area contributed by atoms with Crippen LogP contribution in [0.4, 0.5) is 0 Å². The predicted octanol–water partition coefficient (Wildman–Crippen LogP) is 3.51. The molecular weight excluding hydrogens is 324 g/mol. The third-order valence-corrected chi connectivity index (χ3v) is 5.29. The van der Waals surface area contributed by atoms with Gasteiger partial charge in [0.15, 0.2) is 0 Å². The number of ether oxygens (including phenoxy) is 1. The molecule has 24 heavy (non-hydrogen) atoms. The number of carboxylic acid groups (broad SMARTS) is 1. The summed E-state index contributed by atoms with van der Waals surface area (Å²) in [7, 11) is 0. The molecule has 1 aromatic carbocycles. The minimum absolute atomic E-state index is 0.296. The number of aromatic nitrogens is 1. The Kier molecular flexibility index (Phi) is 5.60. The van der Waals surface area contributed by atoms with E-state index in [0.29, 0.717) is 11.6 Å². The highest BCUT2D eigenvalue weighted by molar-refractivity contribution is 7.13. The maximum atomic E-state index is 10.9. The highest BCUT2D eigenvalue weighted by atomic mass is 32.1. The average Bonchev–Trinajstić information content (AvgIpc) is 3.09. The van der Waals surface area contributed by atoms with Gasteiger partial charge in [-0.1, -0.05) is 19.1 Å². The molecular formula is C18H22N2O3S. The second kappa shape index (κ2) is 7.88. The Hall–Kier alpha value is -1.76. The van der Waals surface area contributed by atoms with Gasteiger partial charge in [0.1, 0.15) is 5.01 Å². The van der Waals surface area contributed by atoms with Gasteiger partial charge in [0, 0.05) is 30.1 Å². The quantitative estimate of drug-likeness (QED) is 0.867. The summed E-state index contributed by atoms with van der Waals surface area (Å²) in [4.78, 5) is 18.1. The Morgan fingerprint density at radius 1 is 1.42 bits per heavy atom. The van der Waals surface area contributed by atoms with Crippen LogP contribution in [0.3, 0.4) is 0 Å². The number of hydrogen-bond acceptors (Lipinski definition) is 5. The third-order valence-electron chi connectivity index (χ3n) is 4.35. The number of rotatable bonds is 6. The molecule has 1 aliphatic rings. The van der Waals surface area contributed by atoms with Crippen LogP contribution in [0, 0.1) is 0 Å². The summed E-state index contributed by atoms with van der Waals surface area (Å²) >= 11 is 1.60. The first kappa shape index (κ1) is 17.1. The van der Waals surface area contributed by atoms with Crippen LogP contribution in [0.1, 0.15) is 35.8 Å². The molecule has 0 bridgehead atoms. The maximum Gasteiger partial charge on any atom is 0.335 e. The van der Waals surface area contributed by atoms with Crippen LogP contribution in [-0.4, -0.2) is 46.8 Å². The summed E-state index contributed by atoms with van der Waals surface area (Å²) < 4.78 is 5.60. The fraction of sp³-hybridized carbons (Fsp3) is 0.444. The molecule has 0 radical (unpaired) electrons. The van der Waals surface area contributed by atoms with Crippen molar-refractivity contribution < 1.29 is 14.6 Å². The van der Waals surface area contributed by atoms with Crippen LogP contribution < -0.4 is 0 Å². The first-order chi connectivity index (χ1) is 11.7. The molecule has 6 heteroatoms. The first-order valence-corrected chi connectivity index (χ1v) is 9.15. The number of carbonyl (C=O) groups is 1. The van der Waals surface area contributed by atoms with E-state index in [1.165, 1.54) is 6.42 Å². The van der Waals surface area contributed by atoms with Gasteiger partial charge >= 0.3 is 5.97 Å². The molecule has 3 rings (SSSR count). The lowest BCUT2D eigenvalue weighted by Gasteiger charge is -2.32. The highest BCUT2D eigenvalue weighted by Gasteiger charge is 2.21. The van der Waals surface area contributed by atoms with Gasteiger partial charge in [-0.25, -0.2) is 9.78 Å². The predicted molar refractivity (Wildman–Crippen MR) is 94.4 cm³/mol. The lowest BCUT2D eigenvalue weighted by molar-refractivity contribution is 0.0163. The summed E-state index contributed by atoms with van der Waals surface area (Å²) in [5.41, 5.74) is 2.31. The van der Waals surface area contributed by atoms with Gasteiger partial charge in [-0.05, 0) is 31.5 Å². The van der Waals surface area contributed by atoms with Gasteiger partial charge in [0.2, 0.25) is 0 Å². The molecule has 1 unspecified atom stereocenters. The van der Waals surface area contributed by atoms with Gasteiger partial charge in [-0.3, -0.25) is 4.90 Å². The van der Waals surface area contributed by atoms with Crippen molar-refractivity contribution in [2.75, 3.05) is 19.8 Å². The van der Waals surface area contributed by atoms with Gasteiger partial charge < -0.3 is 9.84 Å². The van der Waals surface area contributed by atoms with E-state index in [0.717, 1.165) is 49.0 Å². The maximum absolute atomic E-state index is 10.9. The molecule has 5 nitrogen and oxygen atoms in total. The van der Waals surface area contributed by atoms with E-state index in [-0.39, 0.29) is 0 Å². The van der Waals surface area contributed by atoms with Crippen molar-refractivity contribution in [2.45, 2.75) is 32.4 Å². The molecule has 0 spiro atoms. The number of hydrogen-bond donors (Lipinski definition) is 1. The Morgan fingerprint density at radius 2 is 2.21 bits per heavy atom. The summed E-state index contributed by atoms with van der Waals surface area (Å²) in [5.74, 6) is -0.908. The number of thiazole rings is 1. The Balaban J connectivity index is 1.69. The van der Waals surface area contributed by atoms with Crippen molar-refractivity contribution in [2.24, 2.45) is 0 Å². The minimum Gasteiger partial charge on any atom is -0.478 e. The molecule has 1 saturated heterocycles. The third kappa shape index (κ3) is 4.01. The second-order valence-corrected chi connectivity index (χ2v) is 6.82. The zero-order chi connectivity index (χ0) is 16.9. The van der Waals surface area contributed by atoms with Crippen LogP contribution in [0.15, 0.2) is 29.6 Å². The van der Waals surface area contributed by atoms with Crippen molar-refractivity contribution in [1.82, 2.24) is 9.88 Å². The van der Waals surface area contributed by atoms with E-state index in [2.05, 4.69) is 17.2 Å². The van der Waals surface area contributed by atoms with E-state index in [1.807, 2.05) is 12.1 Å². The summed E-state index contributed by atoms with van der Waals surface area (Å²) in [6.07, 6.45) is 2.31. The zero-order valence-electron chi connectivity index (χ0n) is 13.8. The SMILES string of the molecule is CCN(Cc1csc(-c2ccc(C(=O)O)cc2)n1)C1CCCOC1. The molecule has 1 fully saturated rings. The molecule has 0 saturated carbocycles. The standard InChI is InChI=1S/C18H22N2O3S/c1-2-20(16-4-3-9-23-11-16)10-15-12-24-17(19-15)13-5-7-14(8-6-13)18(21)22/h5-8,12,16H,2-4,9-11H2,1H3,(H,21,22). The number of benzene rings is 1. The molecule has 2 heterocycles. The van der Waals surface area contributed by atoms with E-state index in [1.54, 1.807) is 23.5 Å². The molecule has 1 aliphatic heterocycles. The zero-order valence-corrected chi connectivity index (χ0v) is 14.6. The lowest BCUT2D eigenvalue weighted by atomic mass is 10.1. The molecule has 1 atom stereocenters. The number of likely N-dealkylation sites (N-methyl/N-ethyl adjacent to an activating group) is 1. The molecule has 128 valence electrons. The van der Waals surface area contributed by atoms with E-state index >= 15 is 0 Å². The Labute approximate surface area is 145 Å². The van der Waals surface area contributed by atoms with Crippen LogP contribution in [0.2, 0.25) is 0 Å². The van der Waals surface area contributed by atoms with Gasteiger partial charge in [0.25, 0.3) is 0 Å². The van der Waals surface area contributed by atoms with Gasteiger partial charge in [0.05, 0.1) is 17.9 Å². The summed E-state index contributed by atoms with van der Waals surface area (Å²) in [6.45, 7) is 5.66. The number of carboxylic acids is 1. The van der Waals surface area contributed by atoms with E-state index in [4.69, 9.17) is 14.8 Å². The normalized spacial score (nSPS) is 18.0. The summed E-state index contributed by atoms with van der Waals surface area (Å²) in [6, 6.07) is 7.35. The van der Waals surface area contributed by atoms with Gasteiger partial charge in [-0.15, -0.1) is 11.3 Å². The molecule has 0 aliphatic carbocycles. The van der Waals surface area contributed by atoms with Crippen molar-refractivity contribution in [3.63, 3.8) is 0 Å². The lowest BCUT2D eigenvalue weighted by Crippen LogP contribution is -2.40. The highest BCUT2D eigenvalue weighted by Crippen LogP contribution is 2.25. The smallest absolute Gasteiger partial charge is 0.335 e. The van der Waals surface area contributed by atoms with E-state index < -0.39 is 5.97 Å². The Morgan fingerprint density at radius 3 is 2.83 bits per heavy atom. The second-order valence-electron chi connectivity index (χ2n) is 5.96. The van der Waals surface area contributed by atoms with Gasteiger partial charge in [-0.2, -0.15) is 0 Å². The molecule has 1 N–H and O–H groups in total. The summed E-state index contributed by atoms with van der Waals surface area (Å²) in [5, 5.41) is 12.0. The largest absolute Gasteiger partial charge is 0.478 e. The topological polar surface area (TPSA) is 62.7 Å². The average molecular weight is 346 g/mol. The fourth-order valence-electron chi connectivity index (χ4n) is 2.99. The van der Waals surface area contributed by atoms with Crippen molar-refractivity contribution in [3.8, 4) is 10.6 Å². The van der Waals surface area contributed by atoms with Crippen LogP contribution in [0.5, 0.6) is 0 Å². The van der Waals surface area contributed by atoms with Crippen molar-refractivity contribution in [3.05, 3.63) is 40.9 Å². The Bertz CT molecular complexity index is 678. The van der Waals surface area contributed by atoms with Crippen molar-refractivity contribution >= 4 is 17.3 Å². The number of aromatic carboxylic acids is 1. The fourth-order valence-corrected chi connectivity index (χ4v) is 3.80. The molecule has 2 aromatic rings. The van der Waals surface area contributed by atoms with Crippen molar-refractivity contribution in [1.29, 1.82) is 0 Å². The van der Waals surface area contributed by atoms with E-state index in [9.17, 15) is 4.79 Å². The van der Waals surface area contributed by atoms with Crippen LogP contribution in [-0.2, 0) is 11.3 Å². The minimum atomic E-state index is -0.908. The van der Waals surface area contributed by atoms with Crippen LogP contribution in [0.25, 0.3) is 10.6 Å². The molecule has 0 amide bonds. The first-order valence-electron chi connectivity index (χ1n) is 8.27. The van der Waals surface area contributed by atoms with Crippen LogP contribution >= 0.6 is 11.3 Å². The monoisotopic (exact) mass is 346 g/mol. The molecule has 1 aromatic heterocycles. The number of nitrogens with zero attached hydrogens (tertiary/aromatic N) is 2.